The molecule has 3 rings (SSSR count). The number of nitrogens with one attached hydrogen (secondary N) is 1. The fourth-order valence-electron chi connectivity index (χ4n) is 3.06. The van der Waals surface area contributed by atoms with Crippen molar-refractivity contribution in [3.63, 3.8) is 0 Å². The lowest BCUT2D eigenvalue weighted by Gasteiger charge is -2.15. The van der Waals surface area contributed by atoms with Crippen LogP contribution in [0.3, 0.4) is 0 Å². The summed E-state index contributed by atoms with van der Waals surface area (Å²) in [6, 6.07) is 14.5. The number of para-hydroxylation sites is 1. The first-order valence-corrected chi connectivity index (χ1v) is 11.8. The van der Waals surface area contributed by atoms with E-state index in [1.54, 1.807) is 37.3 Å². The van der Waals surface area contributed by atoms with E-state index in [9.17, 15) is 30.3 Å². The fourth-order valence-corrected chi connectivity index (χ4v) is 3.98. The van der Waals surface area contributed by atoms with Crippen molar-refractivity contribution in [3.05, 3.63) is 94.6 Å². The average molecular weight is 635 g/mol. The highest BCUT2D eigenvalue weighted by Gasteiger charge is 2.24. The molecule has 0 radical (unpaired) electrons. The van der Waals surface area contributed by atoms with Gasteiger partial charge in [-0.25, -0.2) is 0 Å². The minimum atomic E-state index is -0.788. The topological polar surface area (TPSA) is 158 Å². The van der Waals surface area contributed by atoms with E-state index < -0.39 is 27.1 Å². The number of non-ortho nitro benzene ring substituents is 1. The Labute approximate surface area is 228 Å². The highest BCUT2D eigenvalue weighted by molar-refractivity contribution is 14.1. The summed E-state index contributed by atoms with van der Waals surface area (Å²) >= 11 is 7.98. The van der Waals surface area contributed by atoms with Gasteiger partial charge in [0.2, 0.25) is 5.75 Å². The van der Waals surface area contributed by atoms with Crippen LogP contribution in [0.25, 0.3) is 6.08 Å². The van der Waals surface area contributed by atoms with Crippen molar-refractivity contribution >= 4 is 63.2 Å². The lowest BCUT2D eigenvalue weighted by atomic mass is 10.1. The normalized spacial score (nSPS) is 10.8. The van der Waals surface area contributed by atoms with Crippen LogP contribution < -0.4 is 14.8 Å². The van der Waals surface area contributed by atoms with Crippen molar-refractivity contribution in [2.24, 2.45) is 0 Å². The number of amides is 1. The molecule has 0 aliphatic carbocycles. The summed E-state index contributed by atoms with van der Waals surface area (Å²) in [5.74, 6) is -0.604. The van der Waals surface area contributed by atoms with E-state index in [4.69, 9.17) is 21.1 Å². The minimum absolute atomic E-state index is 0.121. The van der Waals surface area contributed by atoms with Gasteiger partial charge in [0.15, 0.2) is 11.5 Å². The van der Waals surface area contributed by atoms with Crippen molar-refractivity contribution < 1.29 is 24.1 Å². The molecule has 0 aliphatic rings. The third-order valence-electron chi connectivity index (χ3n) is 4.69. The number of anilines is 1. The number of hydrogen-bond acceptors (Lipinski definition) is 8. The number of carbonyl (C=O) groups is 1. The molecular weight excluding hydrogens is 619 g/mol. The quantitative estimate of drug-likeness (QED) is 0.0919. The SMILES string of the molecule is CCOc1cc(/C=C(\C#N)C(=O)Nc2ccccc2Cl)cc(I)c1Oc1ccc([N+](=O)[O-])cc1[N+](=O)[O-]. The molecule has 0 bridgehead atoms. The Morgan fingerprint density at radius 2 is 1.86 bits per heavy atom. The monoisotopic (exact) mass is 634 g/mol. The summed E-state index contributed by atoms with van der Waals surface area (Å²) in [4.78, 5) is 33.6. The molecule has 0 aromatic heterocycles. The molecule has 37 heavy (non-hydrogen) atoms. The third-order valence-corrected chi connectivity index (χ3v) is 5.82. The number of rotatable bonds is 9. The highest BCUT2D eigenvalue weighted by Crippen LogP contribution is 2.41. The Morgan fingerprint density at radius 3 is 2.49 bits per heavy atom. The van der Waals surface area contributed by atoms with Crippen molar-refractivity contribution in [1.29, 1.82) is 5.26 Å². The molecule has 188 valence electrons. The molecule has 0 heterocycles. The van der Waals surface area contributed by atoms with Gasteiger partial charge in [-0.3, -0.25) is 25.0 Å². The standard InChI is InChI=1S/C24H16ClIN4O7/c1-2-36-22-11-14(9-15(13-27)24(31)28-19-6-4-3-5-17(19)25)10-18(26)23(22)37-21-8-7-16(29(32)33)12-20(21)30(34)35/h3-12H,2H2,1H3,(H,28,31)/b15-9+. The van der Waals surface area contributed by atoms with E-state index in [1.165, 1.54) is 12.1 Å². The van der Waals surface area contributed by atoms with Gasteiger partial charge in [-0.1, -0.05) is 23.7 Å². The van der Waals surface area contributed by atoms with Crippen molar-refractivity contribution in [1.82, 2.24) is 0 Å². The Hall–Kier alpha value is -4.22. The second kappa shape index (κ2) is 12.2. The van der Waals surface area contributed by atoms with Gasteiger partial charge in [0, 0.05) is 6.07 Å². The fraction of sp³-hybridized carbons (Fsp3) is 0.0833. The second-order valence-corrected chi connectivity index (χ2v) is 8.70. The van der Waals surface area contributed by atoms with Crippen molar-refractivity contribution in [3.8, 4) is 23.3 Å². The number of nitrogens with zero attached hydrogens (tertiary/aromatic N) is 3. The predicted molar refractivity (Wildman–Crippen MR) is 144 cm³/mol. The Kier molecular flexibility index (Phi) is 8.99. The minimum Gasteiger partial charge on any atom is -0.490 e. The van der Waals surface area contributed by atoms with E-state index in [-0.39, 0.29) is 29.4 Å². The molecule has 1 N–H and O–H groups in total. The predicted octanol–water partition coefficient (Wildman–Crippen LogP) is 6.50. The summed E-state index contributed by atoms with van der Waals surface area (Å²) in [5, 5.41) is 35.0. The third kappa shape index (κ3) is 6.72. The van der Waals surface area contributed by atoms with Gasteiger partial charge >= 0.3 is 5.69 Å². The molecule has 0 unspecified atom stereocenters. The number of hydrogen-bond donors (Lipinski definition) is 1. The molecule has 3 aromatic carbocycles. The highest BCUT2D eigenvalue weighted by atomic mass is 127. The number of nitro benzene ring substituents is 2. The van der Waals surface area contributed by atoms with Gasteiger partial charge in [0.1, 0.15) is 11.6 Å². The van der Waals surface area contributed by atoms with Gasteiger partial charge in [-0.15, -0.1) is 0 Å². The van der Waals surface area contributed by atoms with Crippen LogP contribution in [0, 0.1) is 35.1 Å². The molecule has 0 spiro atoms. The van der Waals surface area contributed by atoms with Crippen LogP contribution in [-0.2, 0) is 4.79 Å². The van der Waals surface area contributed by atoms with Crippen molar-refractivity contribution in [2.75, 3.05) is 11.9 Å². The zero-order valence-corrected chi connectivity index (χ0v) is 21.8. The molecule has 0 saturated heterocycles. The Bertz CT molecular complexity index is 1470. The Morgan fingerprint density at radius 1 is 1.14 bits per heavy atom. The molecule has 13 heteroatoms. The largest absolute Gasteiger partial charge is 0.490 e. The summed E-state index contributed by atoms with van der Waals surface area (Å²) in [6.45, 7) is 1.92. The van der Waals surface area contributed by atoms with Crippen molar-refractivity contribution in [2.45, 2.75) is 6.92 Å². The number of halogens is 2. The Balaban J connectivity index is 1.99. The molecular formula is C24H16ClIN4O7. The van der Waals surface area contributed by atoms with E-state index in [0.29, 0.717) is 19.8 Å². The molecule has 0 fully saturated rings. The average Bonchev–Trinajstić information content (AvgIpc) is 2.86. The van der Waals surface area contributed by atoms with Gasteiger partial charge in [0.05, 0.1) is 36.8 Å². The van der Waals surface area contributed by atoms with Gasteiger partial charge in [0.25, 0.3) is 11.6 Å². The molecule has 1 amide bonds. The van der Waals surface area contributed by atoms with Gasteiger partial charge < -0.3 is 14.8 Å². The van der Waals surface area contributed by atoms with Crippen LogP contribution in [0.5, 0.6) is 17.2 Å². The van der Waals surface area contributed by atoms with Gasteiger partial charge in [-0.2, -0.15) is 5.26 Å². The lowest BCUT2D eigenvalue weighted by Crippen LogP contribution is -2.13. The van der Waals surface area contributed by atoms with E-state index in [1.807, 2.05) is 28.7 Å². The number of ether oxygens (including phenoxy) is 2. The van der Waals surface area contributed by atoms with Crippen LogP contribution in [0.15, 0.2) is 60.2 Å². The smallest absolute Gasteiger partial charge is 0.318 e. The molecule has 3 aromatic rings. The van der Waals surface area contributed by atoms with Crippen LogP contribution in [0.4, 0.5) is 17.1 Å². The zero-order chi connectivity index (χ0) is 27.1. The van der Waals surface area contributed by atoms with E-state index in [0.717, 1.165) is 18.2 Å². The van der Waals surface area contributed by atoms with E-state index in [2.05, 4.69) is 5.32 Å². The lowest BCUT2D eigenvalue weighted by molar-refractivity contribution is -0.394. The number of carbonyl (C=O) groups excluding carboxylic acids is 1. The molecule has 0 aliphatic heterocycles. The first-order valence-electron chi connectivity index (χ1n) is 10.4. The maximum absolute atomic E-state index is 12.7. The van der Waals surface area contributed by atoms with Crippen LogP contribution in [0.2, 0.25) is 5.02 Å². The van der Waals surface area contributed by atoms with Gasteiger partial charge in [-0.05, 0) is 71.5 Å². The van der Waals surface area contributed by atoms with Crippen LogP contribution in [0.1, 0.15) is 12.5 Å². The number of nitriles is 1. The maximum Gasteiger partial charge on any atom is 0.318 e. The summed E-state index contributed by atoms with van der Waals surface area (Å²) < 4.78 is 11.8. The zero-order valence-electron chi connectivity index (χ0n) is 18.9. The first-order chi connectivity index (χ1) is 17.6. The summed E-state index contributed by atoms with van der Waals surface area (Å²) in [5.41, 5.74) is -0.506. The van der Waals surface area contributed by atoms with Crippen LogP contribution >= 0.6 is 34.2 Å². The molecule has 11 nitrogen and oxygen atoms in total. The molecule has 0 atom stereocenters. The number of benzene rings is 3. The van der Waals surface area contributed by atoms with E-state index >= 15 is 0 Å². The summed E-state index contributed by atoms with van der Waals surface area (Å²) in [7, 11) is 0. The second-order valence-electron chi connectivity index (χ2n) is 7.14. The number of nitro groups is 2. The summed E-state index contributed by atoms with van der Waals surface area (Å²) in [6.07, 6.45) is 1.34. The maximum atomic E-state index is 12.7. The van der Waals surface area contributed by atoms with Crippen LogP contribution in [-0.4, -0.2) is 22.4 Å². The first kappa shape index (κ1) is 27.4. The molecule has 0 saturated carbocycles.